The van der Waals surface area contributed by atoms with Crippen molar-refractivity contribution in [1.82, 2.24) is 0 Å². The van der Waals surface area contributed by atoms with E-state index in [1.54, 1.807) is 0 Å². The first-order valence-corrected chi connectivity index (χ1v) is 8.65. The normalized spacial score (nSPS) is 10.6. The molecule has 1 N–H and O–H groups in total. The van der Waals surface area contributed by atoms with Crippen LogP contribution in [0.4, 0.5) is 34.1 Å². The molecule has 0 bridgehead atoms. The highest BCUT2D eigenvalue weighted by molar-refractivity contribution is 9.10. The fourth-order valence-corrected chi connectivity index (χ4v) is 3.38. The predicted molar refractivity (Wildman–Crippen MR) is 108 cm³/mol. The highest BCUT2D eigenvalue weighted by Gasteiger charge is 2.29. The fraction of sp³-hybridized carbons (Fsp3) is 0. The van der Waals surface area contributed by atoms with Crippen molar-refractivity contribution in [2.24, 2.45) is 0 Å². The quantitative estimate of drug-likeness (QED) is 0.377. The number of rotatable bonds is 6. The van der Waals surface area contributed by atoms with E-state index in [2.05, 4.69) is 21.2 Å². The summed E-state index contributed by atoms with van der Waals surface area (Å²) in [6.07, 6.45) is 0. The predicted octanol–water partition coefficient (Wildman–Crippen LogP) is 4.98. The molecular formula is C16H8BrN5O8. The molecule has 3 aromatic rings. The van der Waals surface area contributed by atoms with Crippen LogP contribution >= 0.6 is 15.9 Å². The van der Waals surface area contributed by atoms with Crippen molar-refractivity contribution >= 4 is 60.8 Å². The van der Waals surface area contributed by atoms with Crippen LogP contribution in [0.5, 0.6) is 0 Å². The minimum atomic E-state index is -0.889. The van der Waals surface area contributed by atoms with E-state index in [1.165, 1.54) is 24.3 Å². The molecule has 0 heterocycles. The van der Waals surface area contributed by atoms with E-state index in [4.69, 9.17) is 0 Å². The van der Waals surface area contributed by atoms with E-state index >= 15 is 0 Å². The molecule has 3 aromatic carbocycles. The van der Waals surface area contributed by atoms with Gasteiger partial charge in [-0.25, -0.2) is 0 Å². The maximum Gasteiger partial charge on any atom is 0.300 e. The standard InChI is InChI=1S/C16H8BrN5O8/c17-11-5-8(19(23)24)6-13(21(27)28)16(11)18-15-10-4-2-1-3-9(10)12(20(25)26)7-14(15)22(29)30/h1-7,18H. The lowest BCUT2D eigenvalue weighted by atomic mass is 10.0. The fourth-order valence-electron chi connectivity index (χ4n) is 2.84. The van der Waals surface area contributed by atoms with Crippen LogP contribution in [0.3, 0.4) is 0 Å². The Morgan fingerprint density at radius 2 is 1.20 bits per heavy atom. The molecule has 0 unspecified atom stereocenters. The lowest BCUT2D eigenvalue weighted by molar-refractivity contribution is -0.393. The molecule has 30 heavy (non-hydrogen) atoms. The Morgan fingerprint density at radius 3 is 1.73 bits per heavy atom. The number of fused-ring (bicyclic) bond motifs is 1. The Balaban J connectivity index is 2.34. The van der Waals surface area contributed by atoms with Crippen molar-refractivity contribution in [3.63, 3.8) is 0 Å². The molecule has 0 amide bonds. The van der Waals surface area contributed by atoms with Crippen LogP contribution < -0.4 is 5.32 Å². The molecular weight excluding hydrogens is 470 g/mol. The van der Waals surface area contributed by atoms with Crippen molar-refractivity contribution in [2.45, 2.75) is 0 Å². The number of non-ortho nitro benzene ring substituents is 2. The van der Waals surface area contributed by atoms with Crippen LogP contribution in [-0.4, -0.2) is 19.7 Å². The number of hydrogen-bond donors (Lipinski definition) is 1. The first kappa shape index (κ1) is 20.5. The van der Waals surface area contributed by atoms with Gasteiger partial charge in [-0.2, -0.15) is 0 Å². The van der Waals surface area contributed by atoms with Crippen molar-refractivity contribution < 1.29 is 19.7 Å². The molecule has 0 aliphatic rings. The third-order valence-electron chi connectivity index (χ3n) is 4.11. The van der Waals surface area contributed by atoms with Crippen LogP contribution in [0, 0.1) is 40.5 Å². The van der Waals surface area contributed by atoms with Crippen LogP contribution in [0.15, 0.2) is 46.9 Å². The largest absolute Gasteiger partial charge is 0.343 e. The van der Waals surface area contributed by atoms with Gasteiger partial charge in [0.2, 0.25) is 0 Å². The summed E-state index contributed by atoms with van der Waals surface area (Å²) in [5.41, 5.74) is -3.01. The summed E-state index contributed by atoms with van der Waals surface area (Å²) in [6.45, 7) is 0. The summed E-state index contributed by atoms with van der Waals surface area (Å²) < 4.78 is -0.0971. The van der Waals surface area contributed by atoms with E-state index < -0.39 is 42.4 Å². The van der Waals surface area contributed by atoms with Gasteiger partial charge in [0, 0.05) is 11.5 Å². The topological polar surface area (TPSA) is 185 Å². The smallest absolute Gasteiger partial charge is 0.300 e. The third-order valence-corrected chi connectivity index (χ3v) is 4.73. The van der Waals surface area contributed by atoms with E-state index in [9.17, 15) is 40.5 Å². The van der Waals surface area contributed by atoms with Crippen molar-refractivity contribution in [3.8, 4) is 0 Å². The summed E-state index contributed by atoms with van der Waals surface area (Å²) >= 11 is 3.01. The number of nitro benzene ring substituents is 4. The SMILES string of the molecule is O=[N+]([O-])c1cc(Br)c(Nc2c([N+](=O)[O-])cc([N+](=O)[O-])c3ccccc23)c([N+](=O)[O-])c1. The lowest BCUT2D eigenvalue weighted by Gasteiger charge is -2.12. The van der Waals surface area contributed by atoms with Gasteiger partial charge in [0.25, 0.3) is 17.1 Å². The molecule has 13 nitrogen and oxygen atoms in total. The van der Waals surface area contributed by atoms with Crippen molar-refractivity contribution in [2.75, 3.05) is 5.32 Å². The molecule has 0 saturated heterocycles. The Bertz CT molecular complexity index is 1260. The number of hydrogen-bond acceptors (Lipinski definition) is 9. The van der Waals surface area contributed by atoms with E-state index in [0.717, 1.165) is 12.1 Å². The maximum absolute atomic E-state index is 11.6. The Hall–Kier alpha value is -4.20. The monoisotopic (exact) mass is 477 g/mol. The van der Waals surface area contributed by atoms with Gasteiger partial charge in [0.1, 0.15) is 11.4 Å². The molecule has 0 aliphatic carbocycles. The molecule has 152 valence electrons. The second-order valence-electron chi connectivity index (χ2n) is 5.81. The number of benzene rings is 3. The molecule has 14 heteroatoms. The minimum Gasteiger partial charge on any atom is -0.343 e. The van der Waals surface area contributed by atoms with Gasteiger partial charge in [0.15, 0.2) is 0 Å². The van der Waals surface area contributed by atoms with Crippen LogP contribution in [-0.2, 0) is 0 Å². The zero-order valence-corrected chi connectivity index (χ0v) is 16.1. The number of nitrogens with one attached hydrogen (secondary N) is 1. The molecule has 0 aliphatic heterocycles. The highest BCUT2D eigenvalue weighted by atomic mass is 79.9. The van der Waals surface area contributed by atoms with E-state index in [-0.39, 0.29) is 26.6 Å². The van der Waals surface area contributed by atoms with Crippen molar-refractivity contribution in [3.05, 3.63) is 87.4 Å². The summed E-state index contributed by atoms with van der Waals surface area (Å²) in [4.78, 5) is 42.1. The number of anilines is 2. The first-order valence-electron chi connectivity index (χ1n) is 7.85. The van der Waals surface area contributed by atoms with Crippen LogP contribution in [0.1, 0.15) is 0 Å². The number of nitro groups is 4. The van der Waals surface area contributed by atoms with Crippen LogP contribution in [0.25, 0.3) is 10.8 Å². The second kappa shape index (κ2) is 7.67. The molecule has 0 aromatic heterocycles. The van der Waals surface area contributed by atoms with E-state index in [0.29, 0.717) is 6.07 Å². The summed E-state index contributed by atoms with van der Waals surface area (Å²) in [6, 6.07) is 8.18. The Labute approximate surface area is 173 Å². The maximum atomic E-state index is 11.6. The zero-order valence-electron chi connectivity index (χ0n) is 14.5. The van der Waals surface area contributed by atoms with Gasteiger partial charge in [-0.3, -0.25) is 40.5 Å². The lowest BCUT2D eigenvalue weighted by Crippen LogP contribution is -2.04. The zero-order chi connectivity index (χ0) is 22.2. The van der Waals surface area contributed by atoms with Gasteiger partial charge in [-0.05, 0) is 22.0 Å². The van der Waals surface area contributed by atoms with Crippen LogP contribution in [0.2, 0.25) is 0 Å². The summed E-state index contributed by atoms with van der Waals surface area (Å²) in [7, 11) is 0. The highest BCUT2D eigenvalue weighted by Crippen LogP contribution is 2.44. The van der Waals surface area contributed by atoms with Gasteiger partial charge in [-0.15, -0.1) is 0 Å². The van der Waals surface area contributed by atoms with Gasteiger partial charge in [0.05, 0.1) is 41.7 Å². The number of nitrogens with zero attached hydrogens (tertiary/aromatic N) is 4. The molecule has 0 atom stereocenters. The summed E-state index contributed by atoms with van der Waals surface area (Å²) in [5.74, 6) is 0. The molecule has 0 fully saturated rings. The average molecular weight is 478 g/mol. The summed E-state index contributed by atoms with van der Waals surface area (Å²) in [5, 5.41) is 48.1. The third kappa shape index (κ3) is 3.58. The Morgan fingerprint density at radius 1 is 0.667 bits per heavy atom. The molecule has 0 saturated carbocycles. The van der Waals surface area contributed by atoms with E-state index in [1.807, 2.05) is 0 Å². The first-order chi connectivity index (χ1) is 14.1. The Kier molecular flexibility index (Phi) is 5.25. The molecule has 3 rings (SSSR count). The average Bonchev–Trinajstić information content (AvgIpc) is 2.68. The second-order valence-corrected chi connectivity index (χ2v) is 6.66. The molecule has 0 radical (unpaired) electrons. The van der Waals surface area contributed by atoms with Gasteiger partial charge in [-0.1, -0.05) is 18.2 Å². The van der Waals surface area contributed by atoms with Crippen molar-refractivity contribution in [1.29, 1.82) is 0 Å². The van der Waals surface area contributed by atoms with Gasteiger partial charge >= 0.3 is 5.69 Å². The number of halogens is 1. The molecule has 0 spiro atoms. The van der Waals surface area contributed by atoms with Gasteiger partial charge < -0.3 is 5.32 Å². The minimum absolute atomic E-state index is 0.0660.